The van der Waals surface area contributed by atoms with E-state index in [0.717, 1.165) is 18.4 Å². The molecule has 1 aliphatic heterocycles. The largest absolute Gasteiger partial charge is 0.394 e. The number of rotatable bonds is 6. The second kappa shape index (κ2) is 8.49. The van der Waals surface area contributed by atoms with Crippen LogP contribution in [0.25, 0.3) is 0 Å². The van der Waals surface area contributed by atoms with Crippen molar-refractivity contribution in [1.82, 2.24) is 10.2 Å². The first-order chi connectivity index (χ1) is 11.8. The van der Waals surface area contributed by atoms with Gasteiger partial charge in [0, 0.05) is 19.7 Å². The Labute approximate surface area is 144 Å². The fourth-order valence-electron chi connectivity index (χ4n) is 3.77. The van der Waals surface area contributed by atoms with Crippen molar-refractivity contribution in [3.05, 3.63) is 35.4 Å². The fourth-order valence-corrected chi connectivity index (χ4v) is 3.77. The van der Waals surface area contributed by atoms with Gasteiger partial charge in [-0.05, 0) is 36.8 Å². The van der Waals surface area contributed by atoms with Crippen LogP contribution in [0.15, 0.2) is 24.3 Å². The predicted molar refractivity (Wildman–Crippen MR) is 92.9 cm³/mol. The van der Waals surface area contributed by atoms with Gasteiger partial charge in [0.1, 0.15) is 0 Å². The van der Waals surface area contributed by atoms with E-state index in [-0.39, 0.29) is 18.7 Å². The average molecular weight is 332 g/mol. The van der Waals surface area contributed by atoms with Gasteiger partial charge in [-0.1, -0.05) is 37.1 Å². The molecule has 2 amide bonds. The number of fused-ring (bicyclic) bond motifs is 1. The highest BCUT2D eigenvalue weighted by molar-refractivity contribution is 5.75. The number of nitrogens with one attached hydrogen (secondary N) is 1. The van der Waals surface area contributed by atoms with Crippen molar-refractivity contribution in [2.75, 3.05) is 26.3 Å². The van der Waals surface area contributed by atoms with Crippen LogP contribution < -0.4 is 5.32 Å². The third kappa shape index (κ3) is 4.08. The molecule has 1 unspecified atom stereocenters. The Morgan fingerprint density at radius 3 is 2.88 bits per heavy atom. The summed E-state index contributed by atoms with van der Waals surface area (Å²) in [6.07, 6.45) is 7.01. The number of carbonyl (C=O) groups is 1. The molecule has 2 N–H and O–H groups in total. The number of hydrogen-bond acceptors (Lipinski definition) is 3. The van der Waals surface area contributed by atoms with Crippen LogP contribution in [-0.2, 0) is 11.2 Å². The Kier molecular flexibility index (Phi) is 6.10. The molecule has 1 atom stereocenters. The molecular formula is C19H28N2O3. The highest BCUT2D eigenvalue weighted by Gasteiger charge is 2.29. The Bertz CT molecular complexity index is 543. The van der Waals surface area contributed by atoms with Crippen LogP contribution in [-0.4, -0.2) is 48.4 Å². The van der Waals surface area contributed by atoms with E-state index in [2.05, 4.69) is 11.4 Å². The molecule has 0 spiro atoms. The zero-order valence-corrected chi connectivity index (χ0v) is 14.2. The van der Waals surface area contributed by atoms with Crippen LogP contribution in [0.2, 0.25) is 0 Å². The van der Waals surface area contributed by atoms with Crippen molar-refractivity contribution >= 4 is 6.03 Å². The van der Waals surface area contributed by atoms with Crippen LogP contribution in [0.1, 0.15) is 49.3 Å². The summed E-state index contributed by atoms with van der Waals surface area (Å²) in [6.45, 7) is 1.92. The monoisotopic (exact) mass is 332 g/mol. The number of benzene rings is 1. The van der Waals surface area contributed by atoms with E-state index >= 15 is 0 Å². The van der Waals surface area contributed by atoms with Crippen LogP contribution in [0.5, 0.6) is 0 Å². The molecule has 1 aliphatic carbocycles. The smallest absolute Gasteiger partial charge is 0.318 e. The third-order valence-electron chi connectivity index (χ3n) is 5.10. The first kappa shape index (κ1) is 17.2. The van der Waals surface area contributed by atoms with E-state index in [1.165, 1.54) is 31.2 Å². The molecule has 3 rings (SSSR count). The topological polar surface area (TPSA) is 61.8 Å². The van der Waals surface area contributed by atoms with Crippen molar-refractivity contribution in [3.63, 3.8) is 0 Å². The van der Waals surface area contributed by atoms with Crippen molar-refractivity contribution < 1.29 is 14.6 Å². The van der Waals surface area contributed by atoms with Crippen molar-refractivity contribution in [3.8, 4) is 0 Å². The molecule has 1 heterocycles. The van der Waals surface area contributed by atoms with Crippen LogP contribution >= 0.6 is 0 Å². The summed E-state index contributed by atoms with van der Waals surface area (Å²) >= 11 is 0. The van der Waals surface area contributed by atoms with Crippen LogP contribution in [0.4, 0.5) is 4.79 Å². The van der Waals surface area contributed by atoms with Crippen molar-refractivity contribution in [2.24, 2.45) is 0 Å². The van der Waals surface area contributed by atoms with Gasteiger partial charge in [0.05, 0.1) is 18.8 Å². The molecule has 2 aliphatic rings. The molecule has 5 heteroatoms. The van der Waals surface area contributed by atoms with Crippen LogP contribution in [0, 0.1) is 0 Å². The molecule has 132 valence electrons. The van der Waals surface area contributed by atoms with E-state index in [1.807, 2.05) is 18.2 Å². The normalized spacial score (nSPS) is 20.9. The maximum atomic E-state index is 12.5. The van der Waals surface area contributed by atoms with Gasteiger partial charge in [0.2, 0.25) is 0 Å². The Balaban J connectivity index is 1.44. The van der Waals surface area contributed by atoms with E-state index in [9.17, 15) is 9.90 Å². The maximum Gasteiger partial charge on any atom is 0.318 e. The second-order valence-electron chi connectivity index (χ2n) is 6.70. The molecule has 5 nitrogen and oxygen atoms in total. The summed E-state index contributed by atoms with van der Waals surface area (Å²) in [6, 6.07) is 7.71. The van der Waals surface area contributed by atoms with Crippen LogP contribution in [0.3, 0.4) is 0 Å². The average Bonchev–Trinajstić information content (AvgIpc) is 3.13. The van der Waals surface area contributed by atoms with Crippen molar-refractivity contribution in [2.45, 2.75) is 50.7 Å². The minimum absolute atomic E-state index is 0.0464. The minimum atomic E-state index is -0.246. The number of aliphatic hydroxyl groups excluding tert-OH is 1. The zero-order chi connectivity index (χ0) is 16.8. The predicted octanol–water partition coefficient (Wildman–Crippen LogP) is 2.64. The number of urea groups is 1. The highest BCUT2D eigenvalue weighted by Crippen LogP contribution is 2.29. The fraction of sp³-hybridized carbons (Fsp3) is 0.632. The summed E-state index contributed by atoms with van der Waals surface area (Å²) < 4.78 is 5.81. The molecule has 0 bridgehead atoms. The quantitative estimate of drug-likeness (QED) is 0.787. The van der Waals surface area contributed by atoms with Gasteiger partial charge in [-0.3, -0.25) is 0 Å². The highest BCUT2D eigenvalue weighted by atomic mass is 16.5. The lowest BCUT2D eigenvalue weighted by Crippen LogP contribution is -2.47. The standard InChI is InChI=1S/C19H28N2O3/c22-14-18-17-9-4-1-6-15(17)10-12-21(18)19(23)20-11-5-13-24-16-7-2-3-8-16/h1,4,6,9,16,18,22H,2-3,5,7-8,10-14H2,(H,20,23). The number of hydrogen-bond donors (Lipinski definition) is 2. The van der Waals surface area contributed by atoms with Gasteiger partial charge < -0.3 is 20.1 Å². The van der Waals surface area contributed by atoms with Gasteiger partial charge >= 0.3 is 6.03 Å². The lowest BCUT2D eigenvalue weighted by Gasteiger charge is -2.36. The lowest BCUT2D eigenvalue weighted by molar-refractivity contribution is 0.0567. The minimum Gasteiger partial charge on any atom is -0.394 e. The molecule has 24 heavy (non-hydrogen) atoms. The lowest BCUT2D eigenvalue weighted by atomic mass is 9.93. The summed E-state index contributed by atoms with van der Waals surface area (Å²) in [5.74, 6) is 0. The second-order valence-corrected chi connectivity index (χ2v) is 6.70. The summed E-state index contributed by atoms with van der Waals surface area (Å²) in [4.78, 5) is 14.2. The van der Waals surface area contributed by atoms with Gasteiger partial charge in [0.25, 0.3) is 0 Å². The Morgan fingerprint density at radius 1 is 1.29 bits per heavy atom. The van der Waals surface area contributed by atoms with Gasteiger partial charge in [0.15, 0.2) is 0 Å². The Morgan fingerprint density at radius 2 is 2.08 bits per heavy atom. The molecule has 1 aromatic rings. The summed E-state index contributed by atoms with van der Waals surface area (Å²) in [5.41, 5.74) is 2.29. The number of amides is 2. The molecule has 0 radical (unpaired) electrons. The van der Waals surface area contributed by atoms with E-state index in [0.29, 0.717) is 25.8 Å². The summed E-state index contributed by atoms with van der Waals surface area (Å²) in [7, 11) is 0. The van der Waals surface area contributed by atoms with Crippen molar-refractivity contribution in [1.29, 1.82) is 0 Å². The van der Waals surface area contributed by atoms with Gasteiger partial charge in [-0.2, -0.15) is 0 Å². The van der Waals surface area contributed by atoms with E-state index < -0.39 is 0 Å². The van der Waals surface area contributed by atoms with E-state index in [1.54, 1.807) is 4.90 Å². The molecule has 0 aromatic heterocycles. The number of ether oxygens (including phenoxy) is 1. The van der Waals surface area contributed by atoms with E-state index in [4.69, 9.17) is 4.74 Å². The third-order valence-corrected chi connectivity index (χ3v) is 5.10. The first-order valence-corrected chi connectivity index (χ1v) is 9.14. The SMILES string of the molecule is O=C(NCCCOC1CCCC1)N1CCc2ccccc2C1CO. The summed E-state index contributed by atoms with van der Waals surface area (Å²) in [5, 5.41) is 12.7. The van der Waals surface area contributed by atoms with Gasteiger partial charge in [-0.25, -0.2) is 4.79 Å². The van der Waals surface area contributed by atoms with Gasteiger partial charge in [-0.15, -0.1) is 0 Å². The maximum absolute atomic E-state index is 12.5. The molecule has 1 aromatic carbocycles. The number of aliphatic hydroxyl groups is 1. The number of carbonyl (C=O) groups excluding carboxylic acids is 1. The molecule has 1 fully saturated rings. The molecule has 1 saturated carbocycles. The Hall–Kier alpha value is -1.59. The first-order valence-electron chi connectivity index (χ1n) is 9.14. The molecular weight excluding hydrogens is 304 g/mol. The zero-order valence-electron chi connectivity index (χ0n) is 14.2. The molecule has 0 saturated heterocycles. The number of nitrogens with zero attached hydrogens (tertiary/aromatic N) is 1.